The van der Waals surface area contributed by atoms with Crippen LogP contribution in [0.1, 0.15) is 38.1 Å². The number of benzene rings is 1. The Kier molecular flexibility index (Phi) is 6.58. The summed E-state index contributed by atoms with van der Waals surface area (Å²) in [5, 5.41) is 0. The molecule has 1 amide bonds. The molecule has 1 aromatic carbocycles. The van der Waals surface area contributed by atoms with Gasteiger partial charge in [-0.3, -0.25) is 4.79 Å². The van der Waals surface area contributed by atoms with Gasteiger partial charge in [0.25, 0.3) is 5.91 Å². The molecule has 0 N–H and O–H groups in total. The zero-order valence-electron chi connectivity index (χ0n) is 12.6. The van der Waals surface area contributed by atoms with Crippen LogP contribution in [0.5, 0.6) is 11.5 Å². The lowest BCUT2D eigenvalue weighted by atomic mass is 10.1. The Morgan fingerprint density at radius 3 is 2.25 bits per heavy atom. The highest BCUT2D eigenvalue weighted by Crippen LogP contribution is 2.29. The van der Waals surface area contributed by atoms with Gasteiger partial charge in [-0.2, -0.15) is 0 Å². The molecule has 0 spiro atoms. The maximum absolute atomic E-state index is 12.6. The van der Waals surface area contributed by atoms with Gasteiger partial charge < -0.3 is 14.4 Å². The average molecular weight is 391 g/mol. The first kappa shape index (κ1) is 17.1. The van der Waals surface area contributed by atoms with Crippen molar-refractivity contribution in [3.05, 3.63) is 23.8 Å². The fraction of sp³-hybridized carbons (Fsp3) is 0.533. The number of halogens is 1. The predicted molar refractivity (Wildman–Crippen MR) is 89.0 cm³/mol. The van der Waals surface area contributed by atoms with Gasteiger partial charge in [0.05, 0.1) is 7.11 Å². The SMILES string of the molecule is COc1cc(C(=O)N(C(C)C)C(C)C)ccc1OCI. The number of ether oxygens (including phenoxy) is 2. The number of amides is 1. The van der Waals surface area contributed by atoms with Crippen LogP contribution in [-0.2, 0) is 0 Å². The Bertz CT molecular complexity index is 452. The monoisotopic (exact) mass is 391 g/mol. The van der Waals surface area contributed by atoms with Crippen molar-refractivity contribution in [2.45, 2.75) is 39.8 Å². The van der Waals surface area contributed by atoms with Gasteiger partial charge in [0.2, 0.25) is 0 Å². The van der Waals surface area contributed by atoms with Gasteiger partial charge in [0, 0.05) is 17.6 Å². The summed E-state index contributed by atoms with van der Waals surface area (Å²) in [6.45, 7) is 8.07. The fourth-order valence-electron chi connectivity index (χ4n) is 2.19. The maximum Gasteiger partial charge on any atom is 0.254 e. The molecular formula is C15H22INO3. The van der Waals surface area contributed by atoms with Crippen LogP contribution in [0.3, 0.4) is 0 Å². The Morgan fingerprint density at radius 2 is 1.80 bits per heavy atom. The number of hydrogen-bond acceptors (Lipinski definition) is 3. The fourth-order valence-corrected chi connectivity index (χ4v) is 2.53. The molecule has 0 saturated heterocycles. The summed E-state index contributed by atoms with van der Waals surface area (Å²) in [4.78, 5) is 14.4. The Balaban J connectivity index is 3.10. The van der Waals surface area contributed by atoms with Crippen molar-refractivity contribution in [3.63, 3.8) is 0 Å². The van der Waals surface area contributed by atoms with Crippen molar-refractivity contribution >= 4 is 28.5 Å². The zero-order chi connectivity index (χ0) is 15.3. The molecule has 20 heavy (non-hydrogen) atoms. The second-order valence-electron chi connectivity index (χ2n) is 5.02. The molecule has 0 saturated carbocycles. The molecule has 0 aliphatic rings. The normalized spacial score (nSPS) is 10.8. The number of methoxy groups -OCH3 is 1. The smallest absolute Gasteiger partial charge is 0.254 e. The lowest BCUT2D eigenvalue weighted by Crippen LogP contribution is -2.42. The van der Waals surface area contributed by atoms with Crippen LogP contribution in [0.2, 0.25) is 0 Å². The lowest BCUT2D eigenvalue weighted by molar-refractivity contribution is 0.0643. The molecule has 0 aromatic heterocycles. The van der Waals surface area contributed by atoms with Gasteiger partial charge in [0.1, 0.15) is 4.61 Å². The third-order valence-corrected chi connectivity index (χ3v) is 3.28. The molecule has 1 rings (SSSR count). The molecule has 0 aliphatic heterocycles. The van der Waals surface area contributed by atoms with Gasteiger partial charge in [-0.15, -0.1) is 0 Å². The minimum absolute atomic E-state index is 0.00863. The largest absolute Gasteiger partial charge is 0.493 e. The molecule has 0 radical (unpaired) electrons. The van der Waals surface area contributed by atoms with E-state index in [9.17, 15) is 4.79 Å². The molecule has 5 heteroatoms. The molecule has 0 aliphatic carbocycles. The second kappa shape index (κ2) is 7.71. The van der Waals surface area contributed by atoms with E-state index < -0.39 is 0 Å². The zero-order valence-corrected chi connectivity index (χ0v) is 14.8. The van der Waals surface area contributed by atoms with E-state index in [1.54, 1.807) is 25.3 Å². The van der Waals surface area contributed by atoms with Gasteiger partial charge >= 0.3 is 0 Å². The summed E-state index contributed by atoms with van der Waals surface area (Å²) in [5.74, 6) is 1.24. The van der Waals surface area contributed by atoms with Gasteiger partial charge in [-0.05, 0) is 68.5 Å². The van der Waals surface area contributed by atoms with Crippen LogP contribution in [0.25, 0.3) is 0 Å². The van der Waals surface area contributed by atoms with Crippen molar-refractivity contribution in [2.75, 3.05) is 11.7 Å². The molecule has 112 valence electrons. The van der Waals surface area contributed by atoms with Crippen LogP contribution in [0.4, 0.5) is 0 Å². The number of nitrogens with zero attached hydrogens (tertiary/aromatic N) is 1. The van der Waals surface area contributed by atoms with Crippen LogP contribution >= 0.6 is 22.6 Å². The van der Waals surface area contributed by atoms with Crippen LogP contribution in [0, 0.1) is 0 Å². The lowest BCUT2D eigenvalue weighted by Gasteiger charge is -2.31. The first-order valence-electron chi connectivity index (χ1n) is 6.61. The van der Waals surface area contributed by atoms with Crippen molar-refractivity contribution in [1.29, 1.82) is 0 Å². The van der Waals surface area contributed by atoms with Gasteiger partial charge in [-0.25, -0.2) is 0 Å². The van der Waals surface area contributed by atoms with Gasteiger partial charge in [0.15, 0.2) is 11.5 Å². The van der Waals surface area contributed by atoms with E-state index in [4.69, 9.17) is 9.47 Å². The summed E-state index contributed by atoms with van der Waals surface area (Å²) < 4.78 is 11.3. The summed E-state index contributed by atoms with van der Waals surface area (Å²) in [5.41, 5.74) is 0.616. The first-order chi connectivity index (χ1) is 9.42. The molecule has 0 unspecified atom stereocenters. The molecule has 0 bridgehead atoms. The van der Waals surface area contributed by atoms with E-state index in [2.05, 4.69) is 22.6 Å². The number of carbonyl (C=O) groups excluding carboxylic acids is 1. The highest BCUT2D eigenvalue weighted by Gasteiger charge is 2.22. The quantitative estimate of drug-likeness (QED) is 0.548. The second-order valence-corrected chi connectivity index (χ2v) is 5.64. The van der Waals surface area contributed by atoms with Gasteiger partial charge in [-0.1, -0.05) is 0 Å². The summed E-state index contributed by atoms with van der Waals surface area (Å²) >= 11 is 2.12. The van der Waals surface area contributed by atoms with Crippen LogP contribution < -0.4 is 9.47 Å². The Hall–Kier alpha value is -0.980. The van der Waals surface area contributed by atoms with Crippen LogP contribution in [-0.4, -0.2) is 34.6 Å². The van der Waals surface area contributed by atoms with Crippen molar-refractivity contribution < 1.29 is 14.3 Å². The molecule has 1 aromatic rings. The van der Waals surface area contributed by atoms with Crippen LogP contribution in [0.15, 0.2) is 18.2 Å². The van der Waals surface area contributed by atoms with Crippen molar-refractivity contribution in [2.24, 2.45) is 0 Å². The Labute approximate surface area is 134 Å². The minimum Gasteiger partial charge on any atom is -0.493 e. The number of carbonyl (C=O) groups is 1. The third-order valence-electron chi connectivity index (χ3n) is 2.97. The van der Waals surface area contributed by atoms with E-state index in [0.29, 0.717) is 21.7 Å². The number of rotatable bonds is 6. The topological polar surface area (TPSA) is 38.8 Å². The van der Waals surface area contributed by atoms with E-state index >= 15 is 0 Å². The highest BCUT2D eigenvalue weighted by atomic mass is 127. The summed E-state index contributed by atoms with van der Waals surface area (Å²) in [6.07, 6.45) is 0. The number of alkyl halides is 1. The number of hydrogen-bond donors (Lipinski definition) is 0. The van der Waals surface area contributed by atoms with E-state index in [0.717, 1.165) is 0 Å². The third kappa shape index (κ3) is 4.01. The predicted octanol–water partition coefficient (Wildman–Crippen LogP) is 3.73. The highest BCUT2D eigenvalue weighted by molar-refractivity contribution is 14.1. The molecular weight excluding hydrogens is 369 g/mol. The standard InChI is InChI=1S/C15H22INO3/c1-10(2)17(11(3)4)15(18)12-6-7-13(20-9-16)14(8-12)19-5/h6-8,10-11H,9H2,1-5H3. The Morgan fingerprint density at radius 1 is 1.20 bits per heavy atom. The van der Waals surface area contributed by atoms with E-state index in [1.807, 2.05) is 32.6 Å². The molecule has 4 nitrogen and oxygen atoms in total. The average Bonchev–Trinajstić information content (AvgIpc) is 2.38. The minimum atomic E-state index is 0.00863. The first-order valence-corrected chi connectivity index (χ1v) is 8.14. The molecule has 0 fully saturated rings. The van der Waals surface area contributed by atoms with E-state index in [1.165, 1.54) is 0 Å². The summed E-state index contributed by atoms with van der Waals surface area (Å²) in [6, 6.07) is 5.60. The van der Waals surface area contributed by atoms with Crippen molar-refractivity contribution in [3.8, 4) is 11.5 Å². The van der Waals surface area contributed by atoms with E-state index in [-0.39, 0.29) is 18.0 Å². The summed E-state index contributed by atoms with van der Waals surface area (Å²) in [7, 11) is 1.58. The maximum atomic E-state index is 12.6. The molecule has 0 atom stereocenters. The van der Waals surface area contributed by atoms with Crippen molar-refractivity contribution in [1.82, 2.24) is 4.90 Å². The molecule has 0 heterocycles.